The van der Waals surface area contributed by atoms with E-state index < -0.39 is 0 Å². The maximum Gasteiger partial charge on any atom is 0.0591 e. The van der Waals surface area contributed by atoms with Gasteiger partial charge in [-0.1, -0.05) is 37.3 Å². The zero-order valence-electron chi connectivity index (χ0n) is 11.6. The first-order chi connectivity index (χ1) is 8.83. The van der Waals surface area contributed by atoms with Crippen LogP contribution in [0.1, 0.15) is 28.7 Å². The van der Waals surface area contributed by atoms with Crippen molar-refractivity contribution in [2.75, 3.05) is 26.3 Å². The van der Waals surface area contributed by atoms with Gasteiger partial charge in [-0.15, -0.1) is 0 Å². The van der Waals surface area contributed by atoms with Gasteiger partial charge in [0.25, 0.3) is 0 Å². The van der Waals surface area contributed by atoms with Gasteiger partial charge in [0.1, 0.15) is 0 Å². The van der Waals surface area contributed by atoms with E-state index in [1.54, 1.807) is 0 Å². The summed E-state index contributed by atoms with van der Waals surface area (Å²) in [7, 11) is 0. The quantitative estimate of drug-likeness (QED) is 0.630. The van der Waals surface area contributed by atoms with Crippen molar-refractivity contribution in [3.63, 3.8) is 0 Å². The van der Waals surface area contributed by atoms with Crippen LogP contribution < -0.4 is 10.6 Å². The highest BCUT2D eigenvalue weighted by Crippen LogP contribution is 1.96. The van der Waals surface area contributed by atoms with E-state index in [0.717, 1.165) is 32.8 Å². The van der Waals surface area contributed by atoms with Gasteiger partial charge in [0.15, 0.2) is 0 Å². The van der Waals surface area contributed by atoms with Gasteiger partial charge in [0.05, 0.1) is 13.2 Å². The monoisotopic (exact) mass is 254 g/mol. The third-order valence-corrected chi connectivity index (χ3v) is 2.95. The molecule has 0 fully saturated rings. The molecule has 0 aromatic heterocycles. The predicted octanol–water partition coefficient (Wildman–Crippen LogP) is 2.67. The van der Waals surface area contributed by atoms with Crippen LogP contribution in [0.5, 0.6) is 0 Å². The van der Waals surface area contributed by atoms with E-state index in [-0.39, 0.29) is 2.85 Å². The van der Waals surface area contributed by atoms with Crippen LogP contribution >= 0.6 is 0 Å². The maximum atomic E-state index is 5.54. The van der Waals surface area contributed by atoms with Crippen molar-refractivity contribution < 1.29 is 7.59 Å². The van der Waals surface area contributed by atoms with Gasteiger partial charge in [0.2, 0.25) is 0 Å². The molecule has 1 aromatic carbocycles. The van der Waals surface area contributed by atoms with Gasteiger partial charge in [-0.2, -0.15) is 0 Å². The fourth-order valence-corrected chi connectivity index (χ4v) is 1.60. The van der Waals surface area contributed by atoms with E-state index in [0.29, 0.717) is 6.04 Å². The van der Waals surface area contributed by atoms with Crippen LogP contribution in [0.4, 0.5) is 0 Å². The molecule has 0 saturated heterocycles. The molecule has 0 aliphatic heterocycles. The Hall–Kier alpha value is -0.900. The van der Waals surface area contributed by atoms with Crippen LogP contribution in [0.15, 0.2) is 30.3 Å². The van der Waals surface area contributed by atoms with Crippen LogP contribution in [-0.4, -0.2) is 32.3 Å². The van der Waals surface area contributed by atoms with Crippen LogP contribution in [0.3, 0.4) is 0 Å². The zero-order valence-corrected chi connectivity index (χ0v) is 11.6. The third kappa shape index (κ3) is 7.43. The van der Waals surface area contributed by atoms with Gasteiger partial charge in [0, 0.05) is 28.5 Å². The summed E-state index contributed by atoms with van der Waals surface area (Å²) in [6.07, 6.45) is 1.17. The molecule has 2 N–H and O–H groups in total. The van der Waals surface area contributed by atoms with Crippen molar-refractivity contribution in [3.05, 3.63) is 35.9 Å². The fraction of sp³-hybridized carbons (Fsp3) is 0.600. The summed E-state index contributed by atoms with van der Waals surface area (Å²) in [6, 6.07) is 11.0. The standard InChI is InChI=1S/C15H26N2O.2H2/c1-3-14(2)17-10-12-18-11-9-16-13-15-7-5-4-6-8-15;;/h4-8,14,16-17H,3,9-13H2,1-2H3;2*1H. The Labute approximate surface area is 114 Å². The molecule has 3 heteroatoms. The molecule has 106 valence electrons. The molecule has 0 amide bonds. The summed E-state index contributed by atoms with van der Waals surface area (Å²) >= 11 is 0. The van der Waals surface area contributed by atoms with Crippen molar-refractivity contribution in [3.8, 4) is 0 Å². The number of hydrogen-bond donors (Lipinski definition) is 2. The molecule has 1 unspecified atom stereocenters. The van der Waals surface area contributed by atoms with Gasteiger partial charge < -0.3 is 15.4 Å². The van der Waals surface area contributed by atoms with E-state index in [4.69, 9.17) is 4.74 Å². The Morgan fingerprint density at radius 1 is 1.17 bits per heavy atom. The number of rotatable bonds is 10. The van der Waals surface area contributed by atoms with Crippen LogP contribution in [-0.2, 0) is 11.3 Å². The highest BCUT2D eigenvalue weighted by Gasteiger charge is 1.96. The van der Waals surface area contributed by atoms with Gasteiger partial charge in [-0.05, 0) is 18.9 Å². The third-order valence-electron chi connectivity index (χ3n) is 2.95. The zero-order chi connectivity index (χ0) is 13.1. The van der Waals surface area contributed by atoms with Crippen molar-refractivity contribution in [2.45, 2.75) is 32.9 Å². The van der Waals surface area contributed by atoms with Gasteiger partial charge >= 0.3 is 0 Å². The fourth-order valence-electron chi connectivity index (χ4n) is 1.60. The summed E-state index contributed by atoms with van der Waals surface area (Å²) in [5.41, 5.74) is 1.32. The summed E-state index contributed by atoms with van der Waals surface area (Å²) in [6.45, 7) is 8.70. The van der Waals surface area contributed by atoms with E-state index in [1.807, 2.05) is 6.07 Å². The molecule has 1 atom stereocenters. The van der Waals surface area contributed by atoms with E-state index >= 15 is 0 Å². The molecule has 1 rings (SSSR count). The Morgan fingerprint density at radius 2 is 1.89 bits per heavy atom. The normalized spacial score (nSPS) is 12.6. The van der Waals surface area contributed by atoms with Crippen molar-refractivity contribution in [2.24, 2.45) is 0 Å². The lowest BCUT2D eigenvalue weighted by atomic mass is 10.2. The van der Waals surface area contributed by atoms with E-state index in [9.17, 15) is 0 Å². The minimum absolute atomic E-state index is 0. The molecule has 0 radical (unpaired) electrons. The number of hydrogen-bond acceptors (Lipinski definition) is 3. The van der Waals surface area contributed by atoms with Crippen LogP contribution in [0.25, 0.3) is 0 Å². The highest BCUT2D eigenvalue weighted by molar-refractivity contribution is 5.14. The lowest BCUT2D eigenvalue weighted by Gasteiger charge is -2.11. The summed E-state index contributed by atoms with van der Waals surface area (Å²) in [5.74, 6) is 0. The lowest BCUT2D eigenvalue weighted by molar-refractivity contribution is 0.135. The SMILES string of the molecule is CCC(C)NCCOCCNCc1ccccc1.[HH].[HH]. The summed E-state index contributed by atoms with van der Waals surface area (Å²) in [5, 5.41) is 6.77. The lowest BCUT2D eigenvalue weighted by Crippen LogP contribution is -2.29. The molecule has 1 aromatic rings. The van der Waals surface area contributed by atoms with Crippen molar-refractivity contribution in [1.29, 1.82) is 0 Å². The second-order valence-electron chi connectivity index (χ2n) is 4.54. The van der Waals surface area contributed by atoms with Crippen LogP contribution in [0.2, 0.25) is 0 Å². The maximum absolute atomic E-state index is 5.54. The molecule has 0 saturated carbocycles. The predicted molar refractivity (Wildman–Crippen MR) is 81.0 cm³/mol. The topological polar surface area (TPSA) is 33.3 Å². The first-order valence-corrected chi connectivity index (χ1v) is 6.88. The Morgan fingerprint density at radius 3 is 2.61 bits per heavy atom. The Balaban J connectivity index is 0. The minimum atomic E-state index is 0. The molecular weight excluding hydrogens is 224 g/mol. The summed E-state index contributed by atoms with van der Waals surface area (Å²) in [4.78, 5) is 0. The van der Waals surface area contributed by atoms with Gasteiger partial charge in [-0.3, -0.25) is 0 Å². The Kier molecular flexibility index (Phi) is 8.47. The first kappa shape index (κ1) is 15.2. The van der Waals surface area contributed by atoms with Crippen molar-refractivity contribution >= 4 is 0 Å². The smallest absolute Gasteiger partial charge is 0.0591 e. The highest BCUT2D eigenvalue weighted by atomic mass is 16.5. The first-order valence-electron chi connectivity index (χ1n) is 6.88. The molecule has 3 nitrogen and oxygen atoms in total. The number of benzene rings is 1. The molecular formula is C15H30N2O. The average molecular weight is 254 g/mol. The number of nitrogens with one attached hydrogen (secondary N) is 2. The second kappa shape index (κ2) is 10.1. The molecule has 18 heavy (non-hydrogen) atoms. The summed E-state index contributed by atoms with van der Waals surface area (Å²) < 4.78 is 5.54. The minimum Gasteiger partial charge on any atom is -0.379 e. The van der Waals surface area contributed by atoms with E-state index in [1.165, 1.54) is 12.0 Å². The number of ether oxygens (including phenoxy) is 1. The van der Waals surface area contributed by atoms with E-state index in [2.05, 4.69) is 48.7 Å². The molecule has 0 aliphatic rings. The largest absolute Gasteiger partial charge is 0.379 e. The molecule has 0 spiro atoms. The van der Waals surface area contributed by atoms with Gasteiger partial charge in [-0.25, -0.2) is 0 Å². The van der Waals surface area contributed by atoms with Crippen molar-refractivity contribution in [1.82, 2.24) is 10.6 Å². The molecule has 0 bridgehead atoms. The molecule has 0 aliphatic carbocycles. The Bertz CT molecular complexity index is 299. The molecule has 0 heterocycles. The second-order valence-corrected chi connectivity index (χ2v) is 4.54. The average Bonchev–Trinajstić information content (AvgIpc) is 2.42. The van der Waals surface area contributed by atoms with Crippen LogP contribution in [0, 0.1) is 0 Å².